The predicted octanol–water partition coefficient (Wildman–Crippen LogP) is 4.31. The molecule has 140 valence electrons. The van der Waals surface area contributed by atoms with Crippen LogP contribution in [-0.2, 0) is 10.1 Å². The minimum absolute atomic E-state index is 0.252. The van der Waals surface area contributed by atoms with Crippen molar-refractivity contribution in [2.75, 3.05) is 32.9 Å². The van der Waals surface area contributed by atoms with Crippen molar-refractivity contribution in [1.29, 1.82) is 0 Å². The van der Waals surface area contributed by atoms with Gasteiger partial charge in [0.25, 0.3) is 0 Å². The lowest BCUT2D eigenvalue weighted by Crippen LogP contribution is -2.43. The van der Waals surface area contributed by atoms with E-state index >= 15 is 0 Å². The molecule has 4 nitrogen and oxygen atoms in total. The zero-order valence-electron chi connectivity index (χ0n) is 15.7. The van der Waals surface area contributed by atoms with Crippen LogP contribution in [0.15, 0.2) is 0 Å². The third-order valence-corrected chi connectivity index (χ3v) is 5.25. The quantitative estimate of drug-likeness (QED) is 0.237. The molecular weight excluding hydrogens is 310 g/mol. The summed E-state index contributed by atoms with van der Waals surface area (Å²) in [4.78, 5) is 0. The van der Waals surface area contributed by atoms with Crippen molar-refractivity contribution < 1.29 is 17.5 Å². The summed E-state index contributed by atoms with van der Waals surface area (Å²) >= 11 is 0. The lowest BCUT2D eigenvalue weighted by Gasteiger charge is -2.30. The number of nitrogens with zero attached hydrogens (tertiary/aromatic N) is 1. The molecule has 0 spiro atoms. The molecule has 5 heteroatoms. The van der Waals surface area contributed by atoms with E-state index in [-0.39, 0.29) is 5.75 Å². The number of hydrogen-bond acceptors (Lipinski definition) is 3. The first-order valence-corrected chi connectivity index (χ1v) is 11.1. The molecule has 0 aliphatic rings. The molecule has 23 heavy (non-hydrogen) atoms. The SMILES string of the molecule is CCCCCCCCCCCCCC[N+](C)(C)CCS(=O)(=O)[O-]. The highest BCUT2D eigenvalue weighted by molar-refractivity contribution is 7.85. The van der Waals surface area contributed by atoms with Gasteiger partial charge in [-0.2, -0.15) is 0 Å². The summed E-state index contributed by atoms with van der Waals surface area (Å²) in [5, 5.41) is 0. The van der Waals surface area contributed by atoms with Gasteiger partial charge < -0.3 is 9.04 Å². The van der Waals surface area contributed by atoms with Crippen molar-refractivity contribution in [2.45, 2.75) is 84.0 Å². The smallest absolute Gasteiger partial charge is 0.100 e. The molecule has 0 aromatic rings. The van der Waals surface area contributed by atoms with Crippen LogP contribution in [0.1, 0.15) is 84.0 Å². The molecular formula is C18H39NO3S. The highest BCUT2D eigenvalue weighted by Gasteiger charge is 2.15. The van der Waals surface area contributed by atoms with Crippen molar-refractivity contribution in [2.24, 2.45) is 0 Å². The van der Waals surface area contributed by atoms with E-state index in [0.717, 1.165) is 13.0 Å². The van der Waals surface area contributed by atoms with Gasteiger partial charge in [0.05, 0.1) is 32.9 Å². The lowest BCUT2D eigenvalue weighted by molar-refractivity contribution is -0.888. The first-order valence-electron chi connectivity index (χ1n) is 9.52. The van der Waals surface area contributed by atoms with Gasteiger partial charge in [-0.1, -0.05) is 71.1 Å². The third-order valence-electron chi connectivity index (χ3n) is 4.56. The zero-order chi connectivity index (χ0) is 17.6. The number of hydrogen-bond donors (Lipinski definition) is 0. The molecule has 0 aliphatic heterocycles. The maximum atomic E-state index is 10.7. The summed E-state index contributed by atoms with van der Waals surface area (Å²) in [6.45, 7) is 3.63. The lowest BCUT2D eigenvalue weighted by atomic mass is 10.1. The summed E-state index contributed by atoms with van der Waals surface area (Å²) in [5.74, 6) is -0.252. The molecule has 0 fully saturated rings. The highest BCUT2D eigenvalue weighted by Crippen LogP contribution is 2.12. The van der Waals surface area contributed by atoms with Gasteiger partial charge in [0, 0.05) is 0 Å². The van der Waals surface area contributed by atoms with Crippen LogP contribution in [0, 0.1) is 0 Å². The topological polar surface area (TPSA) is 57.2 Å². The van der Waals surface area contributed by atoms with Gasteiger partial charge in [0.15, 0.2) is 0 Å². The Morgan fingerprint density at radius 2 is 1.09 bits per heavy atom. The van der Waals surface area contributed by atoms with Gasteiger partial charge in [-0.25, -0.2) is 8.42 Å². The van der Waals surface area contributed by atoms with Crippen LogP contribution in [0.25, 0.3) is 0 Å². The summed E-state index contributed by atoms with van der Waals surface area (Å²) in [7, 11) is -0.0713. The first-order chi connectivity index (χ1) is 10.8. The predicted molar refractivity (Wildman–Crippen MR) is 97.5 cm³/mol. The minimum atomic E-state index is -4.08. The van der Waals surface area contributed by atoms with Gasteiger partial charge >= 0.3 is 0 Å². The van der Waals surface area contributed by atoms with Gasteiger partial charge in [0.2, 0.25) is 0 Å². The Kier molecular flexibility index (Phi) is 13.1. The Labute approximate surface area is 145 Å². The van der Waals surface area contributed by atoms with Gasteiger partial charge in [-0.3, -0.25) is 0 Å². The second-order valence-corrected chi connectivity index (χ2v) is 9.06. The van der Waals surface area contributed by atoms with E-state index in [1.807, 2.05) is 14.1 Å². The molecule has 0 rings (SSSR count). The molecule has 0 bridgehead atoms. The van der Waals surface area contributed by atoms with E-state index in [9.17, 15) is 13.0 Å². The molecule has 0 unspecified atom stereocenters. The van der Waals surface area contributed by atoms with Crippen molar-refractivity contribution in [1.82, 2.24) is 0 Å². The zero-order valence-corrected chi connectivity index (χ0v) is 16.5. The molecule has 0 amide bonds. The number of unbranched alkanes of at least 4 members (excludes halogenated alkanes) is 11. The standard InChI is InChI=1S/C18H39NO3S/c1-4-5-6-7-8-9-10-11-12-13-14-15-16-19(2,3)17-18-23(20,21)22/h4-18H2,1-3H3. The molecule has 0 aliphatic carbocycles. The van der Waals surface area contributed by atoms with Crippen LogP contribution in [0.5, 0.6) is 0 Å². The molecule has 0 radical (unpaired) electrons. The molecule has 0 heterocycles. The fourth-order valence-electron chi connectivity index (χ4n) is 2.85. The monoisotopic (exact) mass is 349 g/mol. The summed E-state index contributed by atoms with van der Waals surface area (Å²) in [5.41, 5.74) is 0. The molecule has 0 atom stereocenters. The van der Waals surface area contributed by atoms with E-state index in [1.54, 1.807) is 0 Å². The van der Waals surface area contributed by atoms with Crippen molar-refractivity contribution in [3.8, 4) is 0 Å². The summed E-state index contributed by atoms with van der Waals surface area (Å²) < 4.78 is 32.7. The van der Waals surface area contributed by atoms with E-state index < -0.39 is 10.1 Å². The normalized spacial score (nSPS) is 12.7. The average Bonchev–Trinajstić information content (AvgIpc) is 2.46. The second kappa shape index (κ2) is 13.2. The fourth-order valence-corrected chi connectivity index (χ4v) is 3.57. The molecule has 0 N–H and O–H groups in total. The van der Waals surface area contributed by atoms with Gasteiger partial charge in [0.1, 0.15) is 10.1 Å². The van der Waals surface area contributed by atoms with Gasteiger partial charge in [-0.05, 0) is 12.8 Å². The van der Waals surface area contributed by atoms with Crippen molar-refractivity contribution >= 4 is 10.1 Å². The third kappa shape index (κ3) is 18.1. The van der Waals surface area contributed by atoms with Crippen molar-refractivity contribution in [3.63, 3.8) is 0 Å². The maximum absolute atomic E-state index is 10.7. The number of rotatable bonds is 16. The van der Waals surface area contributed by atoms with Crippen LogP contribution >= 0.6 is 0 Å². The van der Waals surface area contributed by atoms with E-state index in [0.29, 0.717) is 11.0 Å². The largest absolute Gasteiger partial charge is 0.748 e. The molecule has 0 aromatic heterocycles. The Morgan fingerprint density at radius 1 is 0.696 bits per heavy atom. The highest BCUT2D eigenvalue weighted by atomic mass is 32.2. The molecule has 0 saturated heterocycles. The minimum Gasteiger partial charge on any atom is -0.748 e. The second-order valence-electron chi connectivity index (χ2n) is 7.53. The summed E-state index contributed by atoms with van der Waals surface area (Å²) in [6.07, 6.45) is 15.9. The van der Waals surface area contributed by atoms with Crippen LogP contribution in [0.4, 0.5) is 0 Å². The Morgan fingerprint density at radius 3 is 1.48 bits per heavy atom. The molecule has 0 aromatic carbocycles. The Balaban J connectivity index is 3.38. The van der Waals surface area contributed by atoms with Gasteiger partial charge in [-0.15, -0.1) is 0 Å². The Hall–Kier alpha value is -0.130. The van der Waals surface area contributed by atoms with E-state index in [1.165, 1.54) is 70.6 Å². The van der Waals surface area contributed by atoms with Crippen LogP contribution in [-0.4, -0.2) is 50.4 Å². The number of quaternary nitrogens is 1. The van der Waals surface area contributed by atoms with E-state index in [4.69, 9.17) is 0 Å². The van der Waals surface area contributed by atoms with Crippen LogP contribution in [0.3, 0.4) is 0 Å². The van der Waals surface area contributed by atoms with Crippen LogP contribution in [0.2, 0.25) is 0 Å². The van der Waals surface area contributed by atoms with Crippen LogP contribution < -0.4 is 0 Å². The average molecular weight is 350 g/mol. The summed E-state index contributed by atoms with van der Waals surface area (Å²) in [6, 6.07) is 0. The van der Waals surface area contributed by atoms with Crippen molar-refractivity contribution in [3.05, 3.63) is 0 Å². The maximum Gasteiger partial charge on any atom is 0.100 e. The Bertz CT molecular complexity index is 366. The van der Waals surface area contributed by atoms with E-state index in [2.05, 4.69) is 6.92 Å². The first kappa shape index (κ1) is 22.9. The molecule has 0 saturated carbocycles. The fraction of sp³-hybridized carbons (Fsp3) is 1.00.